The van der Waals surface area contributed by atoms with E-state index < -0.39 is 0 Å². The first-order chi connectivity index (χ1) is 9.15. The Bertz CT molecular complexity index is 534. The lowest BCUT2D eigenvalue weighted by atomic mass is 10.0. The fourth-order valence-corrected chi connectivity index (χ4v) is 3.68. The zero-order chi connectivity index (χ0) is 13.8. The Morgan fingerprint density at radius 3 is 2.32 bits per heavy atom. The first kappa shape index (κ1) is 14.8. The Morgan fingerprint density at radius 2 is 1.79 bits per heavy atom. The maximum absolute atomic E-state index is 6.23. The van der Waals surface area contributed by atoms with Crippen molar-refractivity contribution in [3.05, 3.63) is 55.7 Å². The minimum absolute atomic E-state index is 0.0791. The molecule has 3 N–H and O–H groups in total. The number of rotatable bonds is 5. The average Bonchev–Trinajstić information content (AvgIpc) is 2.85. The molecule has 1 heterocycles. The van der Waals surface area contributed by atoms with Gasteiger partial charge in [-0.25, -0.2) is 0 Å². The summed E-state index contributed by atoms with van der Waals surface area (Å²) in [6.45, 7) is 2.15. The van der Waals surface area contributed by atoms with Gasteiger partial charge >= 0.3 is 0 Å². The van der Waals surface area contributed by atoms with E-state index in [9.17, 15) is 0 Å². The van der Waals surface area contributed by atoms with Gasteiger partial charge in [-0.15, -0.1) is 11.3 Å². The molecule has 0 amide bonds. The van der Waals surface area contributed by atoms with Crippen molar-refractivity contribution in [2.24, 2.45) is 5.84 Å². The third-order valence-corrected chi connectivity index (χ3v) is 4.93. The number of halogens is 2. The van der Waals surface area contributed by atoms with Crippen molar-refractivity contribution >= 4 is 34.5 Å². The molecule has 0 spiro atoms. The minimum Gasteiger partial charge on any atom is -0.271 e. The number of thiophene rings is 1. The van der Waals surface area contributed by atoms with Crippen LogP contribution in [0.2, 0.25) is 10.0 Å². The summed E-state index contributed by atoms with van der Waals surface area (Å²) in [5, 5.41) is 1.28. The van der Waals surface area contributed by atoms with Crippen LogP contribution in [0.15, 0.2) is 30.3 Å². The van der Waals surface area contributed by atoms with Crippen LogP contribution in [0.25, 0.3) is 0 Å². The SMILES string of the molecule is CCc1ccc(CC(NN)c2c(Cl)cccc2Cl)s1. The fourth-order valence-electron chi connectivity index (χ4n) is 2.01. The van der Waals surface area contributed by atoms with Crippen molar-refractivity contribution < 1.29 is 0 Å². The molecule has 1 aromatic heterocycles. The molecule has 0 aliphatic heterocycles. The molecular formula is C14H16Cl2N2S. The monoisotopic (exact) mass is 314 g/mol. The van der Waals surface area contributed by atoms with E-state index in [-0.39, 0.29) is 6.04 Å². The average molecular weight is 315 g/mol. The molecule has 0 radical (unpaired) electrons. The van der Waals surface area contributed by atoms with Gasteiger partial charge < -0.3 is 0 Å². The number of aryl methyl sites for hydroxylation is 1. The van der Waals surface area contributed by atoms with E-state index in [1.54, 1.807) is 11.3 Å². The Labute approximate surface area is 127 Å². The Kier molecular flexibility index (Phi) is 5.25. The summed E-state index contributed by atoms with van der Waals surface area (Å²) in [4.78, 5) is 2.65. The number of benzene rings is 1. The second kappa shape index (κ2) is 6.73. The summed E-state index contributed by atoms with van der Waals surface area (Å²) >= 11 is 14.3. The summed E-state index contributed by atoms with van der Waals surface area (Å²) in [6, 6.07) is 9.71. The number of nitrogens with one attached hydrogen (secondary N) is 1. The predicted molar refractivity (Wildman–Crippen MR) is 83.9 cm³/mol. The molecule has 2 nitrogen and oxygen atoms in total. The van der Waals surface area contributed by atoms with Gasteiger partial charge in [0.1, 0.15) is 0 Å². The highest BCUT2D eigenvalue weighted by molar-refractivity contribution is 7.11. The van der Waals surface area contributed by atoms with E-state index >= 15 is 0 Å². The first-order valence-electron chi connectivity index (χ1n) is 6.13. The molecule has 1 unspecified atom stereocenters. The second-order valence-electron chi connectivity index (χ2n) is 4.28. The third-order valence-electron chi connectivity index (χ3n) is 3.02. The predicted octanol–water partition coefficient (Wildman–Crippen LogP) is 4.36. The van der Waals surface area contributed by atoms with Crippen molar-refractivity contribution in [2.75, 3.05) is 0 Å². The third kappa shape index (κ3) is 3.50. The fraction of sp³-hybridized carbons (Fsp3) is 0.286. The van der Waals surface area contributed by atoms with Crippen molar-refractivity contribution in [3.8, 4) is 0 Å². The summed E-state index contributed by atoms with van der Waals surface area (Å²) in [5.74, 6) is 5.67. The van der Waals surface area contributed by atoms with Crippen LogP contribution in [-0.2, 0) is 12.8 Å². The number of hydrazine groups is 1. The highest BCUT2D eigenvalue weighted by Gasteiger charge is 2.18. The smallest absolute Gasteiger partial charge is 0.0537 e. The van der Waals surface area contributed by atoms with Crippen LogP contribution in [0.5, 0.6) is 0 Å². The van der Waals surface area contributed by atoms with Crippen molar-refractivity contribution in [3.63, 3.8) is 0 Å². The van der Waals surface area contributed by atoms with Crippen molar-refractivity contribution in [1.82, 2.24) is 5.43 Å². The normalized spacial score (nSPS) is 12.6. The molecule has 0 bridgehead atoms. The molecule has 1 atom stereocenters. The van der Waals surface area contributed by atoms with Crippen LogP contribution in [0, 0.1) is 0 Å². The largest absolute Gasteiger partial charge is 0.271 e. The zero-order valence-corrected chi connectivity index (χ0v) is 12.9. The van der Waals surface area contributed by atoms with Crippen LogP contribution < -0.4 is 11.3 Å². The van der Waals surface area contributed by atoms with Crippen LogP contribution in [-0.4, -0.2) is 0 Å². The van der Waals surface area contributed by atoms with Gasteiger partial charge in [0.15, 0.2) is 0 Å². The summed E-state index contributed by atoms with van der Waals surface area (Å²) < 4.78 is 0. The molecular weight excluding hydrogens is 299 g/mol. The van der Waals surface area contributed by atoms with Crippen LogP contribution >= 0.6 is 34.5 Å². The van der Waals surface area contributed by atoms with E-state index in [0.29, 0.717) is 10.0 Å². The maximum atomic E-state index is 6.23. The quantitative estimate of drug-likeness (QED) is 0.635. The topological polar surface area (TPSA) is 38.0 Å². The lowest BCUT2D eigenvalue weighted by molar-refractivity contribution is 0.556. The highest BCUT2D eigenvalue weighted by Crippen LogP contribution is 2.33. The van der Waals surface area contributed by atoms with E-state index in [1.165, 1.54) is 9.75 Å². The second-order valence-corrected chi connectivity index (χ2v) is 6.35. The standard InChI is InChI=1S/C14H16Cl2N2S/c1-2-9-6-7-10(19-9)8-13(18-17)14-11(15)4-3-5-12(14)16/h3-7,13,18H,2,8,17H2,1H3. The minimum atomic E-state index is -0.0791. The molecule has 2 aromatic rings. The summed E-state index contributed by atoms with van der Waals surface area (Å²) in [7, 11) is 0. The summed E-state index contributed by atoms with van der Waals surface area (Å²) in [6.07, 6.45) is 1.84. The Balaban J connectivity index is 2.25. The molecule has 2 rings (SSSR count). The molecule has 102 valence electrons. The lowest BCUT2D eigenvalue weighted by Crippen LogP contribution is -2.29. The number of nitrogens with two attached hydrogens (primary N) is 1. The van der Waals surface area contributed by atoms with Crippen LogP contribution in [0.4, 0.5) is 0 Å². The van der Waals surface area contributed by atoms with E-state index in [2.05, 4.69) is 24.5 Å². The zero-order valence-electron chi connectivity index (χ0n) is 10.6. The van der Waals surface area contributed by atoms with Crippen LogP contribution in [0.1, 0.15) is 28.3 Å². The highest BCUT2D eigenvalue weighted by atomic mass is 35.5. The van der Waals surface area contributed by atoms with Gasteiger partial charge in [-0.05, 0) is 30.7 Å². The van der Waals surface area contributed by atoms with Gasteiger partial charge in [0.25, 0.3) is 0 Å². The summed E-state index contributed by atoms with van der Waals surface area (Å²) in [5.41, 5.74) is 3.67. The van der Waals surface area contributed by atoms with E-state index in [1.807, 2.05) is 18.2 Å². The Hall–Kier alpha value is -0.580. The molecule has 0 saturated heterocycles. The van der Waals surface area contributed by atoms with E-state index in [0.717, 1.165) is 18.4 Å². The van der Waals surface area contributed by atoms with Gasteiger partial charge in [0.05, 0.1) is 6.04 Å². The first-order valence-corrected chi connectivity index (χ1v) is 7.70. The molecule has 1 aromatic carbocycles. The molecule has 19 heavy (non-hydrogen) atoms. The Morgan fingerprint density at radius 1 is 1.16 bits per heavy atom. The van der Waals surface area contributed by atoms with Gasteiger partial charge in [0, 0.05) is 31.8 Å². The van der Waals surface area contributed by atoms with Gasteiger partial charge in [-0.1, -0.05) is 36.2 Å². The van der Waals surface area contributed by atoms with E-state index in [4.69, 9.17) is 29.0 Å². The lowest BCUT2D eigenvalue weighted by Gasteiger charge is -2.18. The number of hydrogen-bond acceptors (Lipinski definition) is 3. The molecule has 0 aliphatic rings. The molecule has 5 heteroatoms. The maximum Gasteiger partial charge on any atom is 0.0537 e. The van der Waals surface area contributed by atoms with Crippen molar-refractivity contribution in [1.29, 1.82) is 0 Å². The van der Waals surface area contributed by atoms with Gasteiger partial charge in [-0.2, -0.15) is 0 Å². The van der Waals surface area contributed by atoms with Crippen LogP contribution in [0.3, 0.4) is 0 Å². The number of hydrogen-bond donors (Lipinski definition) is 2. The molecule has 0 fully saturated rings. The molecule has 0 saturated carbocycles. The van der Waals surface area contributed by atoms with Gasteiger partial charge in [0.2, 0.25) is 0 Å². The van der Waals surface area contributed by atoms with Crippen molar-refractivity contribution in [2.45, 2.75) is 25.8 Å². The molecule has 0 aliphatic carbocycles. The van der Waals surface area contributed by atoms with Gasteiger partial charge in [-0.3, -0.25) is 11.3 Å².